The van der Waals surface area contributed by atoms with E-state index in [2.05, 4.69) is 4.74 Å². The van der Waals surface area contributed by atoms with E-state index in [0.717, 1.165) is 0 Å². The lowest BCUT2D eigenvalue weighted by atomic mass is 9.95. The average molecular weight is 283 g/mol. The summed E-state index contributed by atoms with van der Waals surface area (Å²) in [5, 5.41) is 10.7. The first kappa shape index (κ1) is 15.7. The highest BCUT2D eigenvalue weighted by molar-refractivity contribution is 5.75. The number of carbonyl (C=O) groups excluding carboxylic acids is 1. The second kappa shape index (κ2) is 6.23. The van der Waals surface area contributed by atoms with E-state index in [9.17, 15) is 14.9 Å². The van der Waals surface area contributed by atoms with Crippen molar-refractivity contribution < 1.29 is 23.9 Å². The van der Waals surface area contributed by atoms with Crippen LogP contribution in [0, 0.1) is 15.5 Å². The van der Waals surface area contributed by atoms with E-state index in [1.54, 1.807) is 13.8 Å². The SMILES string of the molecule is COC(=O)C(C)(C)COc1cc([N+](=O)[O-])ccc1OC. The van der Waals surface area contributed by atoms with Gasteiger partial charge in [0.1, 0.15) is 6.61 Å². The number of rotatable bonds is 6. The molecule has 7 heteroatoms. The predicted octanol–water partition coefficient (Wildman–Crippen LogP) is 2.18. The van der Waals surface area contributed by atoms with Crippen LogP contribution >= 0.6 is 0 Å². The molecule has 110 valence electrons. The van der Waals surface area contributed by atoms with Gasteiger partial charge in [-0.25, -0.2) is 0 Å². The van der Waals surface area contributed by atoms with Gasteiger partial charge in [0.25, 0.3) is 5.69 Å². The number of hydrogen-bond donors (Lipinski definition) is 0. The summed E-state index contributed by atoms with van der Waals surface area (Å²) in [4.78, 5) is 21.8. The smallest absolute Gasteiger partial charge is 0.314 e. The number of non-ortho nitro benzene ring substituents is 1. The van der Waals surface area contributed by atoms with Crippen molar-refractivity contribution >= 4 is 11.7 Å². The van der Waals surface area contributed by atoms with E-state index in [0.29, 0.717) is 5.75 Å². The van der Waals surface area contributed by atoms with Gasteiger partial charge >= 0.3 is 5.97 Å². The Morgan fingerprint density at radius 1 is 1.30 bits per heavy atom. The molecule has 20 heavy (non-hydrogen) atoms. The Hall–Kier alpha value is -2.31. The molecule has 1 rings (SSSR count). The van der Waals surface area contributed by atoms with E-state index < -0.39 is 16.3 Å². The van der Waals surface area contributed by atoms with Gasteiger partial charge in [-0.1, -0.05) is 0 Å². The highest BCUT2D eigenvalue weighted by Crippen LogP contribution is 2.32. The molecule has 0 aromatic heterocycles. The molecule has 0 aliphatic carbocycles. The number of methoxy groups -OCH3 is 2. The van der Waals surface area contributed by atoms with Gasteiger partial charge in [0, 0.05) is 6.07 Å². The second-order valence-electron chi connectivity index (χ2n) is 4.76. The monoisotopic (exact) mass is 283 g/mol. The minimum Gasteiger partial charge on any atom is -0.493 e. The van der Waals surface area contributed by atoms with E-state index >= 15 is 0 Å². The summed E-state index contributed by atoms with van der Waals surface area (Å²) < 4.78 is 15.2. The Morgan fingerprint density at radius 2 is 1.95 bits per heavy atom. The van der Waals surface area contributed by atoms with Crippen LogP contribution in [-0.2, 0) is 9.53 Å². The molecule has 0 heterocycles. The van der Waals surface area contributed by atoms with E-state index in [-0.39, 0.29) is 18.0 Å². The number of ether oxygens (including phenoxy) is 3. The van der Waals surface area contributed by atoms with Crippen molar-refractivity contribution in [1.82, 2.24) is 0 Å². The van der Waals surface area contributed by atoms with Crippen LogP contribution in [0.15, 0.2) is 18.2 Å². The molecular weight excluding hydrogens is 266 g/mol. The van der Waals surface area contributed by atoms with Crippen molar-refractivity contribution in [3.63, 3.8) is 0 Å². The number of hydrogen-bond acceptors (Lipinski definition) is 6. The maximum atomic E-state index is 11.5. The fourth-order valence-electron chi connectivity index (χ4n) is 1.49. The number of benzene rings is 1. The number of nitro benzene ring substituents is 1. The number of esters is 1. The molecule has 7 nitrogen and oxygen atoms in total. The molecule has 0 saturated carbocycles. The van der Waals surface area contributed by atoms with Crippen LogP contribution in [0.2, 0.25) is 0 Å². The Morgan fingerprint density at radius 3 is 2.45 bits per heavy atom. The standard InChI is InChI=1S/C13H17NO6/c1-13(2,12(15)19-4)8-20-11-7-9(14(16)17)5-6-10(11)18-3/h5-7H,8H2,1-4H3. The zero-order chi connectivity index (χ0) is 15.3. The third kappa shape index (κ3) is 3.59. The number of carbonyl (C=O) groups is 1. The van der Waals surface area contributed by atoms with Gasteiger partial charge in [0.2, 0.25) is 0 Å². The molecule has 0 aliphatic heterocycles. The lowest BCUT2D eigenvalue weighted by molar-refractivity contribution is -0.385. The third-order valence-electron chi connectivity index (χ3n) is 2.68. The summed E-state index contributed by atoms with van der Waals surface area (Å²) in [6.07, 6.45) is 0. The van der Waals surface area contributed by atoms with Gasteiger partial charge in [-0.3, -0.25) is 14.9 Å². The van der Waals surface area contributed by atoms with E-state index in [1.807, 2.05) is 0 Å². The second-order valence-corrected chi connectivity index (χ2v) is 4.76. The first-order valence-corrected chi connectivity index (χ1v) is 5.85. The quantitative estimate of drug-likeness (QED) is 0.451. The van der Waals surface area contributed by atoms with Gasteiger partial charge < -0.3 is 14.2 Å². The summed E-state index contributed by atoms with van der Waals surface area (Å²) in [5.41, 5.74) is -0.985. The number of nitro groups is 1. The first-order chi connectivity index (χ1) is 9.31. The third-order valence-corrected chi connectivity index (χ3v) is 2.68. The van der Waals surface area contributed by atoms with Gasteiger partial charge in [-0.05, 0) is 19.9 Å². The summed E-state index contributed by atoms with van der Waals surface area (Å²) >= 11 is 0. The molecule has 0 spiro atoms. The molecule has 1 aromatic carbocycles. The Labute approximate surface area is 116 Å². The molecule has 0 unspecified atom stereocenters. The first-order valence-electron chi connectivity index (χ1n) is 5.85. The lowest BCUT2D eigenvalue weighted by Gasteiger charge is -2.22. The van der Waals surface area contributed by atoms with Crippen molar-refractivity contribution in [2.75, 3.05) is 20.8 Å². The van der Waals surface area contributed by atoms with Crippen molar-refractivity contribution in [2.45, 2.75) is 13.8 Å². The fourth-order valence-corrected chi connectivity index (χ4v) is 1.49. The zero-order valence-corrected chi connectivity index (χ0v) is 11.8. The summed E-state index contributed by atoms with van der Waals surface area (Å²) in [5.74, 6) is 0.136. The van der Waals surface area contributed by atoms with Crippen molar-refractivity contribution in [3.05, 3.63) is 28.3 Å². The molecule has 0 bridgehead atoms. The zero-order valence-electron chi connectivity index (χ0n) is 11.8. The van der Waals surface area contributed by atoms with Crippen molar-refractivity contribution in [1.29, 1.82) is 0 Å². The van der Waals surface area contributed by atoms with Crippen LogP contribution in [0.3, 0.4) is 0 Å². The maximum absolute atomic E-state index is 11.5. The molecule has 0 N–H and O–H groups in total. The largest absolute Gasteiger partial charge is 0.493 e. The van der Waals surface area contributed by atoms with E-state index in [4.69, 9.17) is 9.47 Å². The predicted molar refractivity (Wildman–Crippen MR) is 70.9 cm³/mol. The highest BCUT2D eigenvalue weighted by atomic mass is 16.6. The van der Waals surface area contributed by atoms with Gasteiger partial charge in [-0.2, -0.15) is 0 Å². The average Bonchev–Trinajstić information content (AvgIpc) is 2.43. The van der Waals surface area contributed by atoms with Gasteiger partial charge in [0.15, 0.2) is 11.5 Å². The molecule has 1 aromatic rings. The summed E-state index contributed by atoms with van der Waals surface area (Å²) in [6.45, 7) is 3.32. The molecule has 0 aliphatic rings. The van der Waals surface area contributed by atoms with Crippen LogP contribution in [-0.4, -0.2) is 31.7 Å². The Bertz CT molecular complexity index is 512. The summed E-state index contributed by atoms with van der Waals surface area (Å²) in [7, 11) is 2.72. The van der Waals surface area contributed by atoms with Gasteiger partial charge in [0.05, 0.1) is 30.6 Å². The minimum atomic E-state index is -0.871. The van der Waals surface area contributed by atoms with Crippen LogP contribution in [0.5, 0.6) is 11.5 Å². The van der Waals surface area contributed by atoms with Crippen LogP contribution in [0.25, 0.3) is 0 Å². The molecule has 0 fully saturated rings. The molecule has 0 atom stereocenters. The van der Waals surface area contributed by atoms with Crippen LogP contribution < -0.4 is 9.47 Å². The maximum Gasteiger partial charge on any atom is 0.314 e. The number of nitrogens with zero attached hydrogens (tertiary/aromatic N) is 1. The molecule has 0 radical (unpaired) electrons. The summed E-state index contributed by atoms with van der Waals surface area (Å²) in [6, 6.07) is 4.02. The fraction of sp³-hybridized carbons (Fsp3) is 0.462. The van der Waals surface area contributed by atoms with E-state index in [1.165, 1.54) is 32.4 Å². The minimum absolute atomic E-state index is 0.0111. The van der Waals surface area contributed by atoms with Crippen LogP contribution in [0.1, 0.15) is 13.8 Å². The van der Waals surface area contributed by atoms with Crippen molar-refractivity contribution in [3.8, 4) is 11.5 Å². The highest BCUT2D eigenvalue weighted by Gasteiger charge is 2.30. The van der Waals surface area contributed by atoms with Crippen LogP contribution in [0.4, 0.5) is 5.69 Å². The van der Waals surface area contributed by atoms with Gasteiger partial charge in [-0.15, -0.1) is 0 Å². The molecule has 0 amide bonds. The molecule has 0 saturated heterocycles. The van der Waals surface area contributed by atoms with Crippen molar-refractivity contribution in [2.24, 2.45) is 5.41 Å². The molecular formula is C13H17NO6. The topological polar surface area (TPSA) is 87.9 Å². The normalized spacial score (nSPS) is 10.8. The lowest BCUT2D eigenvalue weighted by Crippen LogP contribution is -2.32. The Kier molecular flexibility index (Phi) is 4.90. The Balaban J connectivity index is 2.93.